The van der Waals surface area contributed by atoms with Gasteiger partial charge in [0.25, 0.3) is 5.91 Å². The van der Waals surface area contributed by atoms with Gasteiger partial charge in [0.2, 0.25) is 0 Å². The summed E-state index contributed by atoms with van der Waals surface area (Å²) >= 11 is 2.01. The summed E-state index contributed by atoms with van der Waals surface area (Å²) in [5.74, 6) is -0.637. The lowest BCUT2D eigenvalue weighted by molar-refractivity contribution is 0.0761. The highest BCUT2D eigenvalue weighted by Gasteiger charge is 2.23. The fraction of sp³-hybridized carbons (Fsp3) is 0.385. The molecule has 2 rings (SSSR count). The van der Waals surface area contributed by atoms with E-state index in [1.165, 1.54) is 17.0 Å². The van der Waals surface area contributed by atoms with E-state index in [2.05, 4.69) is 0 Å². The van der Waals surface area contributed by atoms with Crippen molar-refractivity contribution in [1.82, 2.24) is 9.80 Å². The quantitative estimate of drug-likeness (QED) is 0.741. The average Bonchev–Trinajstić information content (AvgIpc) is 2.66. The Morgan fingerprint density at radius 2 is 1.80 bits per heavy atom. The molecule has 108 valence electrons. The second-order valence-electron chi connectivity index (χ2n) is 4.60. The number of carbonyl (C=O) groups is 2. The zero-order valence-corrected chi connectivity index (χ0v) is 13.0. The zero-order valence-electron chi connectivity index (χ0n) is 10.8. The molecule has 0 unspecified atom stereocenters. The van der Waals surface area contributed by atoms with Crippen LogP contribution in [0.5, 0.6) is 0 Å². The molecular formula is C13H15FIN3O2. The first-order valence-corrected chi connectivity index (χ1v) is 7.35. The van der Waals surface area contributed by atoms with Crippen molar-refractivity contribution in [2.45, 2.75) is 6.42 Å². The van der Waals surface area contributed by atoms with Crippen LogP contribution >= 0.6 is 22.6 Å². The van der Waals surface area contributed by atoms with Crippen LogP contribution in [0.15, 0.2) is 18.2 Å². The first kappa shape index (κ1) is 15.0. The number of nitrogens with two attached hydrogens (primary N) is 1. The summed E-state index contributed by atoms with van der Waals surface area (Å²) in [6.07, 6.45) is 0.667. The van der Waals surface area contributed by atoms with Crippen LogP contribution in [-0.4, -0.2) is 47.9 Å². The number of hydrogen-bond acceptors (Lipinski definition) is 2. The molecular weight excluding hydrogens is 376 g/mol. The number of carbonyl (C=O) groups excluding carboxylic acids is 2. The van der Waals surface area contributed by atoms with Crippen molar-refractivity contribution in [3.8, 4) is 0 Å². The van der Waals surface area contributed by atoms with Crippen molar-refractivity contribution in [2.24, 2.45) is 5.73 Å². The van der Waals surface area contributed by atoms with Crippen molar-refractivity contribution in [3.05, 3.63) is 33.1 Å². The summed E-state index contributed by atoms with van der Waals surface area (Å²) < 4.78 is 14.0. The van der Waals surface area contributed by atoms with E-state index in [0.29, 0.717) is 41.7 Å². The largest absolute Gasteiger partial charge is 0.351 e. The Bertz CT molecular complexity index is 538. The molecule has 0 atom stereocenters. The first-order valence-electron chi connectivity index (χ1n) is 6.28. The number of amides is 3. The van der Waals surface area contributed by atoms with E-state index in [0.717, 1.165) is 0 Å². The van der Waals surface area contributed by atoms with E-state index in [4.69, 9.17) is 5.73 Å². The van der Waals surface area contributed by atoms with E-state index in [1.807, 2.05) is 22.6 Å². The molecule has 1 aliphatic heterocycles. The van der Waals surface area contributed by atoms with E-state index >= 15 is 0 Å². The molecule has 20 heavy (non-hydrogen) atoms. The fourth-order valence-corrected chi connectivity index (χ4v) is 2.74. The molecule has 1 aliphatic rings. The predicted octanol–water partition coefficient (Wildman–Crippen LogP) is 1.66. The van der Waals surface area contributed by atoms with Gasteiger partial charge in [-0.1, -0.05) is 0 Å². The van der Waals surface area contributed by atoms with Gasteiger partial charge in [-0.05, 0) is 47.2 Å². The summed E-state index contributed by atoms with van der Waals surface area (Å²) in [7, 11) is 0. The molecule has 0 spiro atoms. The molecule has 7 heteroatoms. The lowest BCUT2D eigenvalue weighted by Crippen LogP contribution is -2.39. The van der Waals surface area contributed by atoms with E-state index < -0.39 is 11.8 Å². The Morgan fingerprint density at radius 3 is 2.50 bits per heavy atom. The maximum absolute atomic E-state index is 13.3. The lowest BCUT2D eigenvalue weighted by atomic mass is 10.2. The number of urea groups is 1. The Labute approximate surface area is 130 Å². The molecule has 5 nitrogen and oxygen atoms in total. The number of halogens is 2. The van der Waals surface area contributed by atoms with Crippen LogP contribution in [0.2, 0.25) is 0 Å². The van der Waals surface area contributed by atoms with Crippen LogP contribution < -0.4 is 5.73 Å². The van der Waals surface area contributed by atoms with Crippen molar-refractivity contribution in [1.29, 1.82) is 0 Å². The van der Waals surface area contributed by atoms with Gasteiger partial charge in [-0.2, -0.15) is 0 Å². The number of hydrogen-bond donors (Lipinski definition) is 1. The van der Waals surface area contributed by atoms with Crippen molar-refractivity contribution in [2.75, 3.05) is 26.2 Å². The van der Waals surface area contributed by atoms with Gasteiger partial charge in [0.05, 0.1) is 5.56 Å². The third-order valence-corrected chi connectivity index (χ3v) is 4.19. The van der Waals surface area contributed by atoms with Gasteiger partial charge in [0.1, 0.15) is 5.82 Å². The topological polar surface area (TPSA) is 66.6 Å². The molecule has 1 aromatic carbocycles. The maximum atomic E-state index is 13.3. The standard InChI is InChI=1S/C13H15FIN3O2/c14-9-2-3-11(15)10(8-9)12(19)17-4-1-5-18(7-6-17)13(16)20/h2-3,8H,1,4-7H2,(H2,16,20). The van der Waals surface area contributed by atoms with Crippen LogP contribution in [-0.2, 0) is 0 Å². The Morgan fingerprint density at radius 1 is 1.15 bits per heavy atom. The summed E-state index contributed by atoms with van der Waals surface area (Å²) in [6, 6.07) is 3.69. The second kappa shape index (κ2) is 6.38. The molecule has 1 saturated heterocycles. The molecule has 0 radical (unpaired) electrons. The van der Waals surface area contributed by atoms with Crippen LogP contribution in [0.4, 0.5) is 9.18 Å². The molecule has 0 saturated carbocycles. The molecule has 1 heterocycles. The highest BCUT2D eigenvalue weighted by atomic mass is 127. The van der Waals surface area contributed by atoms with Crippen LogP contribution in [0.3, 0.4) is 0 Å². The normalized spacial score (nSPS) is 15.9. The van der Waals surface area contributed by atoms with Crippen LogP contribution in [0.1, 0.15) is 16.8 Å². The van der Waals surface area contributed by atoms with Crippen LogP contribution in [0.25, 0.3) is 0 Å². The third kappa shape index (κ3) is 3.38. The van der Waals surface area contributed by atoms with Gasteiger partial charge in [0, 0.05) is 29.7 Å². The second-order valence-corrected chi connectivity index (χ2v) is 5.76. The van der Waals surface area contributed by atoms with E-state index in [1.54, 1.807) is 11.0 Å². The summed E-state index contributed by atoms with van der Waals surface area (Å²) in [6.45, 7) is 1.90. The molecule has 1 fully saturated rings. The monoisotopic (exact) mass is 391 g/mol. The van der Waals surface area contributed by atoms with Crippen molar-refractivity contribution >= 4 is 34.5 Å². The minimum Gasteiger partial charge on any atom is -0.351 e. The molecule has 0 bridgehead atoms. The Hall–Kier alpha value is -1.38. The van der Waals surface area contributed by atoms with Gasteiger partial charge < -0.3 is 15.5 Å². The highest BCUT2D eigenvalue weighted by Crippen LogP contribution is 2.17. The number of benzene rings is 1. The van der Waals surface area contributed by atoms with Gasteiger partial charge in [-0.25, -0.2) is 9.18 Å². The summed E-state index contributed by atoms with van der Waals surface area (Å²) in [4.78, 5) is 26.7. The number of primary amides is 1. The maximum Gasteiger partial charge on any atom is 0.314 e. The van der Waals surface area contributed by atoms with Gasteiger partial charge in [-0.3, -0.25) is 4.79 Å². The van der Waals surface area contributed by atoms with Crippen molar-refractivity contribution in [3.63, 3.8) is 0 Å². The van der Waals surface area contributed by atoms with E-state index in [9.17, 15) is 14.0 Å². The lowest BCUT2D eigenvalue weighted by Gasteiger charge is -2.21. The van der Waals surface area contributed by atoms with Gasteiger partial charge >= 0.3 is 6.03 Å². The summed E-state index contributed by atoms with van der Waals surface area (Å²) in [5.41, 5.74) is 5.61. The number of rotatable bonds is 1. The number of nitrogens with zero attached hydrogens (tertiary/aromatic N) is 2. The molecule has 1 aromatic rings. The smallest absolute Gasteiger partial charge is 0.314 e. The third-order valence-electron chi connectivity index (χ3n) is 3.25. The van der Waals surface area contributed by atoms with Gasteiger partial charge in [-0.15, -0.1) is 0 Å². The Balaban J connectivity index is 2.13. The molecule has 3 amide bonds. The summed E-state index contributed by atoms with van der Waals surface area (Å²) in [5, 5.41) is 0. The minimum atomic E-state index is -0.473. The zero-order chi connectivity index (χ0) is 14.7. The van der Waals surface area contributed by atoms with Crippen LogP contribution in [0, 0.1) is 9.39 Å². The molecule has 2 N–H and O–H groups in total. The molecule has 0 aliphatic carbocycles. The minimum absolute atomic E-state index is 0.208. The van der Waals surface area contributed by atoms with Gasteiger partial charge in [0.15, 0.2) is 0 Å². The highest BCUT2D eigenvalue weighted by molar-refractivity contribution is 14.1. The SMILES string of the molecule is NC(=O)N1CCCN(C(=O)c2cc(F)ccc2I)CC1. The predicted molar refractivity (Wildman–Crippen MR) is 80.8 cm³/mol. The van der Waals surface area contributed by atoms with E-state index in [-0.39, 0.29) is 5.91 Å². The first-order chi connectivity index (χ1) is 9.49. The van der Waals surface area contributed by atoms with Crippen molar-refractivity contribution < 1.29 is 14.0 Å². The fourth-order valence-electron chi connectivity index (χ4n) is 2.17. The average molecular weight is 391 g/mol. The Kier molecular flexibility index (Phi) is 4.79. The molecule has 0 aromatic heterocycles.